The zero-order valence-electron chi connectivity index (χ0n) is 11.2. The van der Waals surface area contributed by atoms with Crippen LogP contribution in [0.3, 0.4) is 0 Å². The highest BCUT2D eigenvalue weighted by atomic mass is 16.5. The maximum Gasteiger partial charge on any atom is 0.261 e. The summed E-state index contributed by atoms with van der Waals surface area (Å²) in [6, 6.07) is 9.29. The first-order valence-electron chi connectivity index (χ1n) is 6.00. The molecule has 0 atom stereocenters. The van der Waals surface area contributed by atoms with Gasteiger partial charge < -0.3 is 10.1 Å². The van der Waals surface area contributed by atoms with Crippen LogP contribution in [-0.4, -0.2) is 18.0 Å². The molecule has 0 saturated heterocycles. The van der Waals surface area contributed by atoms with Crippen LogP contribution in [0, 0.1) is 13.8 Å². The van der Waals surface area contributed by atoms with E-state index in [2.05, 4.69) is 10.3 Å². The third-order valence-electron chi connectivity index (χ3n) is 2.93. The molecule has 19 heavy (non-hydrogen) atoms. The minimum absolute atomic E-state index is 0.220. The molecule has 0 bridgehead atoms. The quantitative estimate of drug-likeness (QED) is 0.918. The van der Waals surface area contributed by atoms with Crippen LogP contribution in [0.1, 0.15) is 21.5 Å². The lowest BCUT2D eigenvalue weighted by atomic mass is 10.1. The van der Waals surface area contributed by atoms with Crippen LogP contribution in [0.2, 0.25) is 0 Å². The van der Waals surface area contributed by atoms with Gasteiger partial charge in [-0.25, -0.2) is 4.98 Å². The molecular weight excluding hydrogens is 240 g/mol. The molecular formula is C15H16N2O2. The Kier molecular flexibility index (Phi) is 3.80. The summed E-state index contributed by atoms with van der Waals surface area (Å²) in [4.78, 5) is 16.3. The second-order valence-electron chi connectivity index (χ2n) is 4.28. The molecule has 1 aromatic carbocycles. The third-order valence-corrected chi connectivity index (χ3v) is 2.93. The lowest BCUT2D eigenvalue weighted by molar-refractivity contribution is 0.102. The number of aryl methyl sites for hydroxylation is 2. The van der Waals surface area contributed by atoms with Gasteiger partial charge in [0.15, 0.2) is 0 Å². The number of benzene rings is 1. The fraction of sp³-hybridized carbons (Fsp3) is 0.200. The molecule has 0 spiro atoms. The van der Waals surface area contributed by atoms with Gasteiger partial charge in [-0.05, 0) is 37.1 Å². The van der Waals surface area contributed by atoms with E-state index in [0.717, 1.165) is 16.8 Å². The van der Waals surface area contributed by atoms with Gasteiger partial charge >= 0.3 is 0 Å². The van der Waals surface area contributed by atoms with Gasteiger partial charge in [0.25, 0.3) is 5.91 Å². The second kappa shape index (κ2) is 5.52. The van der Waals surface area contributed by atoms with Gasteiger partial charge in [0.1, 0.15) is 5.56 Å². The van der Waals surface area contributed by atoms with E-state index in [4.69, 9.17) is 4.74 Å². The smallest absolute Gasteiger partial charge is 0.261 e. The molecule has 0 aliphatic heterocycles. The van der Waals surface area contributed by atoms with E-state index in [0.29, 0.717) is 11.4 Å². The molecule has 0 saturated carbocycles. The molecule has 98 valence electrons. The topological polar surface area (TPSA) is 51.2 Å². The van der Waals surface area contributed by atoms with Crippen molar-refractivity contribution in [3.05, 3.63) is 53.2 Å². The Labute approximate surface area is 112 Å². The molecule has 0 unspecified atom stereocenters. The zero-order chi connectivity index (χ0) is 13.8. The van der Waals surface area contributed by atoms with E-state index in [9.17, 15) is 4.79 Å². The predicted molar refractivity (Wildman–Crippen MR) is 74.7 cm³/mol. The predicted octanol–water partition coefficient (Wildman–Crippen LogP) is 2.96. The Morgan fingerprint density at radius 2 is 1.84 bits per heavy atom. The number of carbonyl (C=O) groups excluding carboxylic acids is 1. The van der Waals surface area contributed by atoms with Crippen LogP contribution >= 0.6 is 0 Å². The molecule has 2 aromatic rings. The van der Waals surface area contributed by atoms with Gasteiger partial charge in [0.05, 0.1) is 7.11 Å². The van der Waals surface area contributed by atoms with E-state index in [-0.39, 0.29) is 5.91 Å². The van der Waals surface area contributed by atoms with E-state index in [1.165, 1.54) is 7.11 Å². The average Bonchev–Trinajstić information content (AvgIpc) is 2.42. The molecule has 0 aliphatic rings. The van der Waals surface area contributed by atoms with Crippen molar-refractivity contribution < 1.29 is 9.53 Å². The highest BCUT2D eigenvalue weighted by Crippen LogP contribution is 2.22. The number of hydrogen-bond acceptors (Lipinski definition) is 3. The van der Waals surface area contributed by atoms with Crippen LogP contribution in [0.4, 0.5) is 5.69 Å². The van der Waals surface area contributed by atoms with Gasteiger partial charge in [-0.1, -0.05) is 18.2 Å². The molecule has 1 N–H and O–H groups in total. The number of methoxy groups -OCH3 is 1. The van der Waals surface area contributed by atoms with E-state index >= 15 is 0 Å². The van der Waals surface area contributed by atoms with Crippen LogP contribution in [0.25, 0.3) is 0 Å². The largest absolute Gasteiger partial charge is 0.480 e. The highest BCUT2D eigenvalue weighted by molar-refractivity contribution is 6.06. The Bertz CT molecular complexity index is 589. The Morgan fingerprint density at radius 3 is 2.47 bits per heavy atom. The molecule has 0 radical (unpaired) electrons. The maximum absolute atomic E-state index is 12.3. The Morgan fingerprint density at radius 1 is 1.16 bits per heavy atom. The summed E-state index contributed by atoms with van der Waals surface area (Å²) in [5.41, 5.74) is 3.30. The number of ether oxygens (including phenoxy) is 1. The lowest BCUT2D eigenvalue weighted by Crippen LogP contribution is -2.15. The summed E-state index contributed by atoms with van der Waals surface area (Å²) >= 11 is 0. The number of anilines is 1. The van der Waals surface area contributed by atoms with E-state index in [1.807, 2.05) is 32.0 Å². The van der Waals surface area contributed by atoms with Gasteiger partial charge in [-0.3, -0.25) is 4.79 Å². The fourth-order valence-electron chi connectivity index (χ4n) is 1.92. The minimum atomic E-state index is -0.220. The fourth-order valence-corrected chi connectivity index (χ4v) is 1.92. The van der Waals surface area contributed by atoms with Crippen molar-refractivity contribution >= 4 is 11.6 Å². The summed E-state index contributed by atoms with van der Waals surface area (Å²) in [5.74, 6) is 0.105. The first-order chi connectivity index (χ1) is 9.13. The van der Waals surface area contributed by atoms with Crippen LogP contribution < -0.4 is 10.1 Å². The van der Waals surface area contributed by atoms with E-state index in [1.54, 1.807) is 18.3 Å². The van der Waals surface area contributed by atoms with Crippen molar-refractivity contribution in [1.82, 2.24) is 4.98 Å². The van der Waals surface area contributed by atoms with Gasteiger partial charge in [0, 0.05) is 11.9 Å². The van der Waals surface area contributed by atoms with E-state index < -0.39 is 0 Å². The summed E-state index contributed by atoms with van der Waals surface area (Å²) in [6.45, 7) is 3.92. The van der Waals surface area contributed by atoms with Gasteiger partial charge in [-0.15, -0.1) is 0 Å². The summed E-state index contributed by atoms with van der Waals surface area (Å²) in [7, 11) is 1.50. The number of rotatable bonds is 3. The summed E-state index contributed by atoms with van der Waals surface area (Å²) in [6.07, 6.45) is 1.59. The van der Waals surface area contributed by atoms with Gasteiger partial charge in [-0.2, -0.15) is 0 Å². The van der Waals surface area contributed by atoms with Crippen LogP contribution in [-0.2, 0) is 0 Å². The normalized spacial score (nSPS) is 10.1. The molecule has 0 fully saturated rings. The first kappa shape index (κ1) is 13.1. The van der Waals surface area contributed by atoms with Crippen LogP contribution in [0.15, 0.2) is 36.5 Å². The monoisotopic (exact) mass is 256 g/mol. The number of pyridine rings is 1. The Hall–Kier alpha value is -2.36. The number of aromatic nitrogens is 1. The molecule has 0 aliphatic carbocycles. The Balaban J connectivity index is 2.31. The lowest BCUT2D eigenvalue weighted by Gasteiger charge is -2.12. The van der Waals surface area contributed by atoms with Crippen molar-refractivity contribution in [2.45, 2.75) is 13.8 Å². The maximum atomic E-state index is 12.3. The number of amides is 1. The van der Waals surface area contributed by atoms with Crippen molar-refractivity contribution in [1.29, 1.82) is 0 Å². The van der Waals surface area contributed by atoms with Crippen LogP contribution in [0.5, 0.6) is 5.88 Å². The number of nitrogens with zero attached hydrogens (tertiary/aromatic N) is 1. The molecule has 1 aromatic heterocycles. The van der Waals surface area contributed by atoms with Crippen molar-refractivity contribution in [2.75, 3.05) is 12.4 Å². The molecule has 2 rings (SSSR count). The zero-order valence-corrected chi connectivity index (χ0v) is 11.2. The van der Waals surface area contributed by atoms with Crippen molar-refractivity contribution in [2.24, 2.45) is 0 Å². The van der Waals surface area contributed by atoms with Crippen molar-refractivity contribution in [3.8, 4) is 5.88 Å². The number of hydrogen-bond donors (Lipinski definition) is 1. The minimum Gasteiger partial charge on any atom is -0.480 e. The molecule has 4 heteroatoms. The molecule has 4 nitrogen and oxygen atoms in total. The SMILES string of the molecule is COc1ncccc1C(=O)Nc1c(C)cccc1C. The highest BCUT2D eigenvalue weighted by Gasteiger charge is 2.14. The number of nitrogens with one attached hydrogen (secondary N) is 1. The summed E-state index contributed by atoms with van der Waals surface area (Å²) in [5, 5.41) is 2.91. The average molecular weight is 256 g/mol. The van der Waals surface area contributed by atoms with Gasteiger partial charge in [0.2, 0.25) is 5.88 Å². The molecule has 1 heterocycles. The third kappa shape index (κ3) is 2.73. The number of carbonyl (C=O) groups is 1. The van der Waals surface area contributed by atoms with Crippen molar-refractivity contribution in [3.63, 3.8) is 0 Å². The number of para-hydroxylation sites is 1. The first-order valence-corrected chi connectivity index (χ1v) is 6.00. The molecule has 1 amide bonds. The second-order valence-corrected chi connectivity index (χ2v) is 4.28. The standard InChI is InChI=1S/C15H16N2O2/c1-10-6-4-7-11(2)13(10)17-14(18)12-8-5-9-16-15(12)19-3/h4-9H,1-3H3,(H,17,18). The summed E-state index contributed by atoms with van der Waals surface area (Å²) < 4.78 is 5.09.